The molecule has 3 aromatic rings. The fraction of sp³-hybridized carbons (Fsp3) is 0.0769. The number of hydrogen-bond acceptors (Lipinski definition) is 2. The highest BCUT2D eigenvalue weighted by atomic mass is 35.5. The van der Waals surface area contributed by atoms with Gasteiger partial charge in [0.05, 0.1) is 16.8 Å². The number of nitrogens with one attached hydrogen (secondary N) is 1. The van der Waals surface area contributed by atoms with Crippen LogP contribution in [0.4, 0.5) is 13.2 Å². The van der Waals surface area contributed by atoms with Gasteiger partial charge in [-0.3, -0.25) is 0 Å². The molecule has 1 N–H and O–H groups in total. The van der Waals surface area contributed by atoms with Crippen molar-refractivity contribution in [2.75, 3.05) is 0 Å². The summed E-state index contributed by atoms with van der Waals surface area (Å²) in [4.78, 5) is 18.0. The minimum absolute atomic E-state index is 0.0183. The fourth-order valence-electron chi connectivity index (χ4n) is 1.98. The number of pyridine rings is 1. The van der Waals surface area contributed by atoms with E-state index < -0.39 is 17.4 Å². The normalized spacial score (nSPS) is 12.0. The molecule has 2 heterocycles. The van der Waals surface area contributed by atoms with Crippen LogP contribution in [0.2, 0.25) is 5.02 Å². The van der Waals surface area contributed by atoms with Crippen LogP contribution in [0, 0.1) is 0 Å². The highest BCUT2D eigenvalue weighted by molar-refractivity contribution is 6.30. The molecule has 2 aromatic heterocycles. The number of halogens is 4. The van der Waals surface area contributed by atoms with Gasteiger partial charge in [-0.25, -0.2) is 14.3 Å². The van der Waals surface area contributed by atoms with Crippen molar-refractivity contribution in [3.05, 3.63) is 57.6 Å². The molecule has 0 aliphatic rings. The maximum absolute atomic E-state index is 12.6. The first-order valence-electron chi connectivity index (χ1n) is 5.80. The third kappa shape index (κ3) is 2.40. The van der Waals surface area contributed by atoms with Crippen LogP contribution in [0.15, 0.2) is 41.3 Å². The van der Waals surface area contributed by atoms with Gasteiger partial charge in [-0.1, -0.05) is 11.6 Å². The lowest BCUT2D eigenvalue weighted by Gasteiger charge is -2.06. The van der Waals surface area contributed by atoms with Gasteiger partial charge in [0.15, 0.2) is 5.65 Å². The van der Waals surface area contributed by atoms with E-state index in [1.807, 2.05) is 0 Å². The second kappa shape index (κ2) is 4.63. The Morgan fingerprint density at radius 1 is 1.19 bits per heavy atom. The van der Waals surface area contributed by atoms with Crippen LogP contribution in [0.25, 0.3) is 16.9 Å². The standard InChI is InChI=1S/C13H7ClF3N3O/c14-8-1-3-9(4-2-8)20-11-10(19-12(20)21)5-7(6-18-11)13(15,16)17/h1-6H,(H,19,21). The maximum atomic E-state index is 12.6. The van der Waals surface area contributed by atoms with Crippen molar-refractivity contribution in [2.24, 2.45) is 0 Å². The Kier molecular flexibility index (Phi) is 3.02. The van der Waals surface area contributed by atoms with Crippen LogP contribution < -0.4 is 5.69 Å². The van der Waals surface area contributed by atoms with Crippen molar-refractivity contribution in [3.63, 3.8) is 0 Å². The number of H-pyrrole nitrogens is 1. The first-order chi connectivity index (χ1) is 9.86. The van der Waals surface area contributed by atoms with E-state index in [0.717, 1.165) is 6.07 Å². The highest BCUT2D eigenvalue weighted by Crippen LogP contribution is 2.30. The molecule has 0 saturated heterocycles. The molecule has 1 aromatic carbocycles. The van der Waals surface area contributed by atoms with E-state index in [0.29, 0.717) is 16.9 Å². The van der Waals surface area contributed by atoms with Crippen molar-refractivity contribution < 1.29 is 13.2 Å². The fourth-order valence-corrected chi connectivity index (χ4v) is 2.11. The molecule has 108 valence electrons. The average Bonchev–Trinajstić information content (AvgIpc) is 2.74. The Balaban J connectivity index is 2.23. The number of hydrogen-bond donors (Lipinski definition) is 1. The molecule has 21 heavy (non-hydrogen) atoms. The molecule has 0 fully saturated rings. The van der Waals surface area contributed by atoms with E-state index in [2.05, 4.69) is 9.97 Å². The van der Waals surface area contributed by atoms with Crippen LogP contribution in [0.3, 0.4) is 0 Å². The molecule has 0 spiro atoms. The smallest absolute Gasteiger partial charge is 0.304 e. The minimum atomic E-state index is -4.51. The van der Waals surface area contributed by atoms with Gasteiger partial charge in [0.2, 0.25) is 0 Å². The van der Waals surface area contributed by atoms with Crippen molar-refractivity contribution in [3.8, 4) is 5.69 Å². The van der Waals surface area contributed by atoms with Crippen LogP contribution >= 0.6 is 11.6 Å². The number of alkyl halides is 3. The Morgan fingerprint density at radius 3 is 2.48 bits per heavy atom. The van der Waals surface area contributed by atoms with Crippen molar-refractivity contribution in [2.45, 2.75) is 6.18 Å². The molecule has 0 saturated carbocycles. The Bertz CT molecular complexity index is 865. The summed E-state index contributed by atoms with van der Waals surface area (Å²) in [5.41, 5.74) is -0.887. The van der Waals surface area contributed by atoms with E-state index in [-0.39, 0.29) is 11.2 Å². The monoisotopic (exact) mass is 313 g/mol. The van der Waals surface area contributed by atoms with E-state index >= 15 is 0 Å². The van der Waals surface area contributed by atoms with E-state index in [1.165, 1.54) is 4.57 Å². The zero-order valence-corrected chi connectivity index (χ0v) is 11.0. The van der Waals surface area contributed by atoms with Gasteiger partial charge in [0, 0.05) is 11.2 Å². The Morgan fingerprint density at radius 2 is 1.86 bits per heavy atom. The van der Waals surface area contributed by atoms with Gasteiger partial charge in [-0.05, 0) is 30.3 Å². The minimum Gasteiger partial charge on any atom is -0.304 e. The Labute approximate surface area is 120 Å². The van der Waals surface area contributed by atoms with Gasteiger partial charge in [-0.15, -0.1) is 0 Å². The summed E-state index contributed by atoms with van der Waals surface area (Å²) in [7, 11) is 0. The molecule has 0 atom stereocenters. The maximum Gasteiger partial charge on any atom is 0.417 e. The molecular formula is C13H7ClF3N3O. The number of fused-ring (bicyclic) bond motifs is 1. The van der Waals surface area contributed by atoms with Gasteiger partial charge in [0.25, 0.3) is 0 Å². The molecule has 0 radical (unpaired) electrons. The number of aromatic nitrogens is 3. The lowest BCUT2D eigenvalue weighted by Crippen LogP contribution is -2.14. The molecule has 0 aliphatic carbocycles. The Hall–Kier alpha value is -2.28. The molecule has 3 rings (SSSR count). The molecule has 4 nitrogen and oxygen atoms in total. The molecule has 0 bridgehead atoms. The molecule has 0 amide bonds. The van der Waals surface area contributed by atoms with Crippen LogP contribution in [0.5, 0.6) is 0 Å². The summed E-state index contributed by atoms with van der Waals surface area (Å²) >= 11 is 5.77. The second-order valence-electron chi connectivity index (χ2n) is 4.33. The largest absolute Gasteiger partial charge is 0.417 e. The van der Waals surface area contributed by atoms with Crippen LogP contribution in [-0.2, 0) is 6.18 Å². The summed E-state index contributed by atoms with van der Waals surface area (Å²) in [6, 6.07) is 7.17. The van der Waals surface area contributed by atoms with Gasteiger partial charge < -0.3 is 4.98 Å². The van der Waals surface area contributed by atoms with E-state index in [9.17, 15) is 18.0 Å². The lowest BCUT2D eigenvalue weighted by atomic mass is 10.2. The third-order valence-corrected chi connectivity index (χ3v) is 3.19. The predicted molar refractivity (Wildman–Crippen MR) is 71.7 cm³/mol. The predicted octanol–water partition coefficient (Wildman–Crippen LogP) is 3.39. The average molecular weight is 314 g/mol. The summed E-state index contributed by atoms with van der Waals surface area (Å²) in [6.45, 7) is 0. The van der Waals surface area contributed by atoms with E-state index in [1.54, 1.807) is 24.3 Å². The van der Waals surface area contributed by atoms with Crippen molar-refractivity contribution in [1.82, 2.24) is 14.5 Å². The SMILES string of the molecule is O=c1[nH]c2cc(C(F)(F)F)cnc2n1-c1ccc(Cl)cc1. The highest BCUT2D eigenvalue weighted by Gasteiger charge is 2.31. The zero-order chi connectivity index (χ0) is 15.2. The summed E-state index contributed by atoms with van der Waals surface area (Å²) in [6.07, 6.45) is -3.82. The summed E-state index contributed by atoms with van der Waals surface area (Å²) in [5, 5.41) is 0.485. The summed E-state index contributed by atoms with van der Waals surface area (Å²) < 4.78 is 39.1. The van der Waals surface area contributed by atoms with Crippen molar-refractivity contribution >= 4 is 22.8 Å². The molecular weight excluding hydrogens is 307 g/mol. The number of imidazole rings is 1. The number of aromatic amines is 1. The molecule has 8 heteroatoms. The summed E-state index contributed by atoms with van der Waals surface area (Å²) in [5.74, 6) is 0. The molecule has 0 aliphatic heterocycles. The zero-order valence-electron chi connectivity index (χ0n) is 10.3. The van der Waals surface area contributed by atoms with Crippen molar-refractivity contribution in [1.29, 1.82) is 0 Å². The lowest BCUT2D eigenvalue weighted by molar-refractivity contribution is -0.137. The first-order valence-corrected chi connectivity index (χ1v) is 6.18. The quantitative estimate of drug-likeness (QED) is 0.748. The number of nitrogens with zero attached hydrogens (tertiary/aromatic N) is 2. The van der Waals surface area contributed by atoms with Crippen LogP contribution in [0.1, 0.15) is 5.56 Å². The first kappa shape index (κ1) is 13.7. The third-order valence-electron chi connectivity index (χ3n) is 2.94. The van der Waals surface area contributed by atoms with Gasteiger partial charge >= 0.3 is 11.9 Å². The number of rotatable bonds is 1. The second-order valence-corrected chi connectivity index (χ2v) is 4.77. The number of benzene rings is 1. The molecule has 0 unspecified atom stereocenters. The van der Waals surface area contributed by atoms with Gasteiger partial charge in [-0.2, -0.15) is 13.2 Å². The van der Waals surface area contributed by atoms with E-state index in [4.69, 9.17) is 11.6 Å². The van der Waals surface area contributed by atoms with Crippen LogP contribution in [-0.4, -0.2) is 14.5 Å². The topological polar surface area (TPSA) is 50.7 Å². The van der Waals surface area contributed by atoms with Gasteiger partial charge in [0.1, 0.15) is 0 Å².